The lowest BCUT2D eigenvalue weighted by Crippen LogP contribution is -2.49. The van der Waals surface area contributed by atoms with E-state index in [1.165, 1.54) is 6.42 Å². The molecule has 1 atom stereocenters. The molecule has 0 bridgehead atoms. The molecule has 1 saturated carbocycles. The number of aromatic nitrogens is 2. The summed E-state index contributed by atoms with van der Waals surface area (Å²) in [5.41, 5.74) is 5.44. The van der Waals surface area contributed by atoms with Crippen LogP contribution < -0.4 is 10.6 Å². The fourth-order valence-corrected chi connectivity index (χ4v) is 6.10. The van der Waals surface area contributed by atoms with E-state index in [4.69, 9.17) is 0 Å². The Balaban J connectivity index is 1.35. The maximum absolute atomic E-state index is 13.5. The third-order valence-electron chi connectivity index (χ3n) is 6.99. The number of H-pyrrole nitrogens is 1. The number of nitrogens with zero attached hydrogens (tertiary/aromatic N) is 1. The number of anilines is 1. The Hall–Kier alpha value is -3.45. The summed E-state index contributed by atoms with van der Waals surface area (Å²) in [7, 11) is 0. The van der Waals surface area contributed by atoms with E-state index in [2.05, 4.69) is 20.8 Å². The second-order valence-electron chi connectivity index (χ2n) is 9.37. The highest BCUT2D eigenvalue weighted by molar-refractivity contribution is 7.17. The minimum absolute atomic E-state index is 0.133. The monoisotopic (exact) mass is 486 g/mol. The van der Waals surface area contributed by atoms with Crippen LogP contribution in [0.3, 0.4) is 0 Å². The van der Waals surface area contributed by atoms with Crippen molar-refractivity contribution in [3.8, 4) is 11.1 Å². The normalized spacial score (nSPS) is 15.1. The van der Waals surface area contributed by atoms with Crippen LogP contribution in [0.1, 0.15) is 53.8 Å². The Morgan fingerprint density at radius 1 is 1.03 bits per heavy atom. The molecule has 0 saturated heterocycles. The molecule has 7 heteroatoms. The number of carbonyl (C=O) groups is 2. The maximum Gasteiger partial charge on any atom is 0.253 e. The summed E-state index contributed by atoms with van der Waals surface area (Å²) in [6, 6.07) is 15.1. The summed E-state index contributed by atoms with van der Waals surface area (Å²) in [5, 5.41) is 16.2. The van der Waals surface area contributed by atoms with Gasteiger partial charge in [-0.1, -0.05) is 49.6 Å². The van der Waals surface area contributed by atoms with E-state index in [1.807, 2.05) is 67.8 Å². The van der Waals surface area contributed by atoms with Gasteiger partial charge in [0.15, 0.2) is 0 Å². The second kappa shape index (κ2) is 10.0. The molecule has 2 aromatic heterocycles. The first kappa shape index (κ1) is 23.3. The Bertz CT molecular complexity index is 1330. The van der Waals surface area contributed by atoms with E-state index in [0.717, 1.165) is 58.3 Å². The van der Waals surface area contributed by atoms with E-state index >= 15 is 0 Å². The second-order valence-corrected chi connectivity index (χ2v) is 10.3. The van der Waals surface area contributed by atoms with Crippen molar-refractivity contribution in [3.05, 3.63) is 70.9 Å². The molecular weight excluding hydrogens is 456 g/mol. The molecule has 6 nitrogen and oxygen atoms in total. The minimum atomic E-state index is -0.570. The van der Waals surface area contributed by atoms with Gasteiger partial charge in [-0.05, 0) is 56.4 Å². The number of thiophene rings is 1. The molecule has 2 amide bonds. The zero-order valence-corrected chi connectivity index (χ0v) is 20.9. The first-order valence-corrected chi connectivity index (χ1v) is 13.1. The molecule has 0 spiro atoms. The van der Waals surface area contributed by atoms with Gasteiger partial charge >= 0.3 is 0 Å². The van der Waals surface area contributed by atoms with Crippen molar-refractivity contribution in [1.82, 2.24) is 15.5 Å². The summed E-state index contributed by atoms with van der Waals surface area (Å²) in [6.07, 6.45) is 5.25. The number of fused-ring (bicyclic) bond motifs is 1. The van der Waals surface area contributed by atoms with Crippen LogP contribution in [0.5, 0.6) is 0 Å². The largest absolute Gasteiger partial charge is 0.340 e. The van der Waals surface area contributed by atoms with Crippen LogP contribution in [0.4, 0.5) is 5.69 Å². The fourth-order valence-electron chi connectivity index (χ4n) is 5.15. The summed E-state index contributed by atoms with van der Waals surface area (Å²) in [5.74, 6) is -0.212. The van der Waals surface area contributed by atoms with E-state index in [1.54, 1.807) is 11.3 Å². The molecule has 3 N–H and O–H groups in total. The zero-order chi connectivity index (χ0) is 24.4. The average molecular weight is 487 g/mol. The molecule has 0 aliphatic heterocycles. The Morgan fingerprint density at radius 2 is 1.77 bits per heavy atom. The smallest absolute Gasteiger partial charge is 0.253 e. The highest BCUT2D eigenvalue weighted by atomic mass is 32.1. The van der Waals surface area contributed by atoms with Gasteiger partial charge in [0, 0.05) is 32.4 Å². The number of benzene rings is 2. The average Bonchev–Trinajstić information content (AvgIpc) is 3.46. The number of aromatic amines is 1. The molecule has 2 heterocycles. The molecule has 180 valence electrons. The lowest BCUT2D eigenvalue weighted by atomic mass is 9.83. The van der Waals surface area contributed by atoms with Gasteiger partial charge in [-0.3, -0.25) is 14.7 Å². The van der Waals surface area contributed by atoms with Gasteiger partial charge in [0.1, 0.15) is 6.04 Å². The fraction of sp³-hybridized carbons (Fsp3) is 0.321. The van der Waals surface area contributed by atoms with E-state index in [0.29, 0.717) is 11.3 Å². The van der Waals surface area contributed by atoms with Gasteiger partial charge in [0.2, 0.25) is 5.91 Å². The molecular formula is C28H30N4O2S. The van der Waals surface area contributed by atoms with Crippen LogP contribution in [-0.4, -0.2) is 28.1 Å². The van der Waals surface area contributed by atoms with Crippen molar-refractivity contribution in [3.63, 3.8) is 0 Å². The van der Waals surface area contributed by atoms with Crippen LogP contribution in [0.2, 0.25) is 0 Å². The number of hydrogen-bond donors (Lipinski definition) is 3. The summed E-state index contributed by atoms with van der Waals surface area (Å²) in [4.78, 5) is 26.7. The number of amides is 2. The van der Waals surface area contributed by atoms with Crippen molar-refractivity contribution < 1.29 is 9.59 Å². The molecule has 1 aliphatic carbocycles. The predicted octanol–water partition coefficient (Wildman–Crippen LogP) is 6.23. The van der Waals surface area contributed by atoms with Gasteiger partial charge < -0.3 is 10.6 Å². The van der Waals surface area contributed by atoms with Crippen LogP contribution in [0.25, 0.3) is 21.2 Å². The third-order valence-corrected chi connectivity index (χ3v) is 7.95. The zero-order valence-electron chi connectivity index (χ0n) is 20.1. The Labute approximate surface area is 209 Å². The molecule has 0 radical (unpaired) electrons. The molecule has 2 aromatic carbocycles. The van der Waals surface area contributed by atoms with Gasteiger partial charge in [0.05, 0.1) is 11.3 Å². The number of carbonyl (C=O) groups excluding carboxylic acids is 2. The van der Waals surface area contributed by atoms with Crippen LogP contribution in [0.15, 0.2) is 53.9 Å². The van der Waals surface area contributed by atoms with Gasteiger partial charge in [-0.15, -0.1) is 11.3 Å². The lowest BCUT2D eigenvalue weighted by molar-refractivity contribution is -0.119. The van der Waals surface area contributed by atoms with Crippen LogP contribution in [0, 0.1) is 19.8 Å². The molecule has 5 rings (SSSR count). The SMILES string of the molecule is Cc1n[nH]c(C)c1-c1ccc(NC(=O)[C@@H](NC(=O)c2csc3ccccc23)C2CCCCC2)cc1. The molecule has 0 unspecified atom stereocenters. The molecule has 35 heavy (non-hydrogen) atoms. The molecule has 1 fully saturated rings. The number of hydrogen-bond acceptors (Lipinski definition) is 4. The minimum Gasteiger partial charge on any atom is -0.340 e. The number of aryl methyl sites for hydroxylation is 2. The van der Waals surface area contributed by atoms with E-state index in [9.17, 15) is 9.59 Å². The maximum atomic E-state index is 13.5. The van der Waals surface area contributed by atoms with E-state index < -0.39 is 6.04 Å². The standard InChI is InChI=1S/C28H30N4O2S/c1-17-25(18(2)32-31-17)19-12-14-21(15-13-19)29-28(34)26(20-8-4-3-5-9-20)30-27(33)23-16-35-24-11-7-6-10-22(23)24/h6-7,10-16,20,26H,3-5,8-9H2,1-2H3,(H,29,34)(H,30,33)(H,31,32)/t26-/m0/s1. The Kier molecular flexibility index (Phi) is 6.68. The first-order valence-electron chi connectivity index (χ1n) is 12.2. The van der Waals surface area contributed by atoms with Crippen molar-refractivity contribution >= 4 is 38.9 Å². The summed E-state index contributed by atoms with van der Waals surface area (Å²) >= 11 is 1.55. The number of nitrogens with one attached hydrogen (secondary N) is 3. The van der Waals surface area contributed by atoms with Crippen molar-refractivity contribution in [1.29, 1.82) is 0 Å². The summed E-state index contributed by atoms with van der Waals surface area (Å²) in [6.45, 7) is 3.97. The van der Waals surface area contributed by atoms with E-state index in [-0.39, 0.29) is 17.7 Å². The van der Waals surface area contributed by atoms with Crippen molar-refractivity contribution in [2.24, 2.45) is 5.92 Å². The Morgan fingerprint density at radius 3 is 2.49 bits per heavy atom. The topological polar surface area (TPSA) is 86.9 Å². The van der Waals surface area contributed by atoms with Crippen LogP contribution in [-0.2, 0) is 4.79 Å². The summed E-state index contributed by atoms with van der Waals surface area (Å²) < 4.78 is 1.07. The highest BCUT2D eigenvalue weighted by Gasteiger charge is 2.32. The van der Waals surface area contributed by atoms with Gasteiger partial charge in [-0.2, -0.15) is 5.10 Å². The predicted molar refractivity (Wildman–Crippen MR) is 142 cm³/mol. The van der Waals surface area contributed by atoms with Crippen molar-refractivity contribution in [2.75, 3.05) is 5.32 Å². The van der Waals surface area contributed by atoms with Gasteiger partial charge in [-0.25, -0.2) is 0 Å². The van der Waals surface area contributed by atoms with Gasteiger partial charge in [0.25, 0.3) is 5.91 Å². The highest BCUT2D eigenvalue weighted by Crippen LogP contribution is 2.30. The third kappa shape index (κ3) is 4.86. The molecule has 1 aliphatic rings. The first-order chi connectivity index (χ1) is 17.0. The van der Waals surface area contributed by atoms with Crippen molar-refractivity contribution in [2.45, 2.75) is 52.0 Å². The number of rotatable bonds is 6. The molecule has 4 aromatic rings. The quantitative estimate of drug-likeness (QED) is 0.302. The lowest BCUT2D eigenvalue weighted by Gasteiger charge is -2.30. The van der Waals surface area contributed by atoms with Crippen LogP contribution >= 0.6 is 11.3 Å².